The van der Waals surface area contributed by atoms with Gasteiger partial charge in [-0.25, -0.2) is 14.4 Å². The maximum Gasteiger partial charge on any atom is 0.267 e. The fraction of sp³-hybridized carbons (Fsp3) is 0.273. The predicted molar refractivity (Wildman–Crippen MR) is 124 cm³/mol. The Morgan fingerprint density at radius 1 is 1.31 bits per heavy atom. The number of amides is 1. The lowest BCUT2D eigenvalue weighted by molar-refractivity contribution is 0.0876. The first-order valence-electron chi connectivity index (χ1n) is 10.0. The molecule has 0 unspecified atom stereocenters. The van der Waals surface area contributed by atoms with Gasteiger partial charge >= 0.3 is 0 Å². The van der Waals surface area contributed by atoms with Crippen LogP contribution in [-0.2, 0) is 6.54 Å². The average Bonchev–Trinajstić information content (AvgIpc) is 3.16. The van der Waals surface area contributed by atoms with Crippen molar-refractivity contribution in [3.05, 3.63) is 59.6 Å². The van der Waals surface area contributed by atoms with Gasteiger partial charge in [0.2, 0.25) is 5.71 Å². The van der Waals surface area contributed by atoms with Gasteiger partial charge in [-0.3, -0.25) is 7.91 Å². The smallest absolute Gasteiger partial charge is 0.267 e. The van der Waals surface area contributed by atoms with Gasteiger partial charge in [0.05, 0.1) is 40.4 Å². The normalized spacial score (nSPS) is 14.5. The van der Waals surface area contributed by atoms with E-state index in [1.165, 1.54) is 15.5 Å². The summed E-state index contributed by atoms with van der Waals surface area (Å²) in [5.74, 6) is 0.808. The largest absolute Gasteiger partial charge is 0.442 e. The molecule has 1 fully saturated rings. The summed E-state index contributed by atoms with van der Waals surface area (Å²) in [5, 5.41) is 7.92. The molecule has 1 amide bonds. The summed E-state index contributed by atoms with van der Waals surface area (Å²) in [5.41, 5.74) is 1.44. The number of nitrogens with one attached hydrogen (secondary N) is 1. The molecule has 0 spiro atoms. The fourth-order valence-corrected chi connectivity index (χ4v) is 4.09. The minimum absolute atomic E-state index is 0.0280. The van der Waals surface area contributed by atoms with E-state index >= 15 is 0 Å². The van der Waals surface area contributed by atoms with E-state index in [0.717, 1.165) is 12.8 Å². The Bertz CT molecular complexity index is 1330. The van der Waals surface area contributed by atoms with Crippen molar-refractivity contribution in [2.24, 2.45) is 0 Å². The second-order valence-corrected chi connectivity index (χ2v) is 9.27. The van der Waals surface area contributed by atoms with Crippen LogP contribution in [0, 0.1) is 12.7 Å². The van der Waals surface area contributed by atoms with Crippen LogP contribution >= 0.6 is 22.9 Å². The molecule has 0 bridgehead atoms. The van der Waals surface area contributed by atoms with Crippen LogP contribution < -0.4 is 5.32 Å². The number of halogens is 2. The summed E-state index contributed by atoms with van der Waals surface area (Å²) in [6.45, 7) is 3.98. The Kier molecular flexibility index (Phi) is 5.11. The lowest BCUT2D eigenvalue weighted by Crippen LogP contribution is -2.22. The second kappa shape index (κ2) is 7.84. The molecule has 3 heterocycles. The zero-order valence-corrected chi connectivity index (χ0v) is 19.5. The molecule has 1 aliphatic carbocycles. The van der Waals surface area contributed by atoms with Crippen molar-refractivity contribution < 1.29 is 18.1 Å². The lowest BCUT2D eigenvalue weighted by Gasteiger charge is -2.15. The van der Waals surface area contributed by atoms with Crippen molar-refractivity contribution in [2.45, 2.75) is 38.8 Å². The molecule has 8 nitrogen and oxygen atoms in total. The molecule has 0 atom stereocenters. The van der Waals surface area contributed by atoms with Gasteiger partial charge in [0.1, 0.15) is 29.4 Å². The topological polar surface area (TPSA) is 97.3 Å². The van der Waals surface area contributed by atoms with Crippen LogP contribution in [0.5, 0.6) is 0 Å². The zero-order chi connectivity index (χ0) is 22.5. The number of hydrogen-bond donors (Lipinski definition) is 1. The van der Waals surface area contributed by atoms with Gasteiger partial charge in [0.25, 0.3) is 5.91 Å². The van der Waals surface area contributed by atoms with Crippen molar-refractivity contribution in [3.8, 4) is 11.3 Å². The van der Waals surface area contributed by atoms with Crippen molar-refractivity contribution in [1.29, 1.82) is 0 Å². The fourth-order valence-electron chi connectivity index (χ4n) is 3.51. The highest BCUT2D eigenvalue weighted by Crippen LogP contribution is 2.40. The molecular formula is C22H19FIN5O3. The van der Waals surface area contributed by atoms with Gasteiger partial charge in [0, 0.05) is 17.2 Å². The third-order valence-corrected chi connectivity index (χ3v) is 6.30. The number of benzene rings is 1. The number of fused-ring (bicyclic) bond motifs is 1. The van der Waals surface area contributed by atoms with Gasteiger partial charge in [-0.05, 0) is 38.8 Å². The van der Waals surface area contributed by atoms with Gasteiger partial charge in [0.15, 0.2) is 5.76 Å². The van der Waals surface area contributed by atoms with E-state index in [-0.39, 0.29) is 23.8 Å². The Morgan fingerprint density at radius 3 is 2.84 bits per heavy atom. The number of aromatic nitrogens is 3. The number of anilines is 1. The van der Waals surface area contributed by atoms with E-state index in [9.17, 15) is 9.18 Å². The van der Waals surface area contributed by atoms with E-state index in [4.69, 9.17) is 8.94 Å². The monoisotopic (exact) mass is 547 g/mol. The van der Waals surface area contributed by atoms with Crippen LogP contribution in [0.2, 0.25) is 0 Å². The molecule has 0 radical (unpaired) electrons. The molecule has 0 saturated heterocycles. The molecule has 1 N–H and O–H groups in total. The third-order valence-electron chi connectivity index (χ3n) is 5.52. The Morgan fingerprint density at radius 2 is 2.09 bits per heavy atom. The maximum atomic E-state index is 14.0. The van der Waals surface area contributed by atoms with Crippen LogP contribution in [0.1, 0.15) is 41.6 Å². The number of carbonyl (C=O) groups is 1. The number of furan rings is 1. The highest BCUT2D eigenvalue weighted by molar-refractivity contribution is 14.1. The van der Waals surface area contributed by atoms with E-state index in [0.29, 0.717) is 45.3 Å². The quantitative estimate of drug-likeness (QED) is 0.259. The Balaban J connectivity index is 1.42. The van der Waals surface area contributed by atoms with E-state index in [1.54, 1.807) is 31.2 Å². The van der Waals surface area contributed by atoms with Gasteiger partial charge < -0.3 is 14.3 Å². The summed E-state index contributed by atoms with van der Waals surface area (Å²) < 4.78 is 26.6. The standard InChI is InChI=1S/C22H19FIN5O3/c1-12-17(18-19(27-22(2)7-8-22)25-11-26-20(18)31-12)21(30)29(24)10-13-9-16(28-32-13)14-5-3-4-6-15(14)23/h3-6,9,11H,7-8,10H2,1-2H3,(H,25,26,27). The van der Waals surface area contributed by atoms with Crippen LogP contribution in [0.3, 0.4) is 0 Å². The molecule has 10 heteroatoms. The van der Waals surface area contributed by atoms with Gasteiger partial charge in [-0.15, -0.1) is 0 Å². The van der Waals surface area contributed by atoms with E-state index < -0.39 is 0 Å². The van der Waals surface area contributed by atoms with Crippen LogP contribution in [0.4, 0.5) is 10.2 Å². The molecule has 164 valence electrons. The number of nitrogens with zero attached hydrogens (tertiary/aromatic N) is 4. The van der Waals surface area contributed by atoms with E-state index in [1.807, 2.05) is 22.9 Å². The summed E-state index contributed by atoms with van der Waals surface area (Å²) in [6.07, 6.45) is 3.49. The van der Waals surface area contributed by atoms with Crippen molar-refractivity contribution in [3.63, 3.8) is 0 Å². The Labute approximate surface area is 196 Å². The molecule has 4 aromatic rings. The van der Waals surface area contributed by atoms with Crippen LogP contribution in [0.25, 0.3) is 22.4 Å². The second-order valence-electron chi connectivity index (χ2n) is 8.11. The number of rotatable bonds is 6. The first-order chi connectivity index (χ1) is 15.3. The molecule has 0 aliphatic heterocycles. The summed E-state index contributed by atoms with van der Waals surface area (Å²) in [7, 11) is 0. The van der Waals surface area contributed by atoms with Crippen molar-refractivity contribution in [2.75, 3.05) is 5.32 Å². The first kappa shape index (κ1) is 20.9. The third kappa shape index (κ3) is 3.83. The molecular weight excluding hydrogens is 528 g/mol. The first-order valence-corrected chi connectivity index (χ1v) is 11.0. The molecule has 1 aromatic carbocycles. The summed E-state index contributed by atoms with van der Waals surface area (Å²) in [6, 6.07) is 7.95. The highest BCUT2D eigenvalue weighted by Gasteiger charge is 2.39. The number of carbonyl (C=O) groups excluding carboxylic acids is 1. The van der Waals surface area contributed by atoms with Crippen LogP contribution in [0.15, 0.2) is 45.6 Å². The SMILES string of the molecule is Cc1oc2ncnc(NC3(C)CC3)c2c1C(=O)N(I)Cc1cc(-c2ccccc2F)no1. The Hall–Kier alpha value is -3.02. The van der Waals surface area contributed by atoms with Gasteiger partial charge in [-0.2, -0.15) is 0 Å². The zero-order valence-electron chi connectivity index (χ0n) is 17.4. The maximum absolute atomic E-state index is 14.0. The highest BCUT2D eigenvalue weighted by atomic mass is 127. The summed E-state index contributed by atoms with van der Waals surface area (Å²) in [4.78, 5) is 21.9. The van der Waals surface area contributed by atoms with Crippen LogP contribution in [-0.4, -0.2) is 29.7 Å². The molecule has 32 heavy (non-hydrogen) atoms. The number of hydrogen-bond acceptors (Lipinski definition) is 7. The van der Waals surface area contributed by atoms with Crippen molar-refractivity contribution in [1.82, 2.24) is 18.2 Å². The number of aryl methyl sites for hydroxylation is 1. The van der Waals surface area contributed by atoms with Gasteiger partial charge in [-0.1, -0.05) is 17.3 Å². The van der Waals surface area contributed by atoms with E-state index in [2.05, 4.69) is 27.4 Å². The molecule has 1 aliphatic rings. The average molecular weight is 547 g/mol. The summed E-state index contributed by atoms with van der Waals surface area (Å²) >= 11 is 1.92. The molecule has 3 aromatic heterocycles. The predicted octanol–water partition coefficient (Wildman–Crippen LogP) is 5.28. The molecule has 1 saturated carbocycles. The lowest BCUT2D eigenvalue weighted by atomic mass is 10.1. The minimum atomic E-state index is -0.389. The minimum Gasteiger partial charge on any atom is -0.442 e. The van der Waals surface area contributed by atoms with Crippen molar-refractivity contribution >= 4 is 45.7 Å². The molecule has 5 rings (SSSR count).